The summed E-state index contributed by atoms with van der Waals surface area (Å²) in [5.74, 6) is 1.55. The van der Waals surface area contributed by atoms with Crippen molar-refractivity contribution in [3.05, 3.63) is 53.9 Å². The molecule has 0 bridgehead atoms. The van der Waals surface area contributed by atoms with E-state index in [1.807, 2.05) is 30.5 Å². The molecule has 0 amide bonds. The van der Waals surface area contributed by atoms with Gasteiger partial charge in [-0.3, -0.25) is 4.98 Å². The monoisotopic (exact) mass is 365 g/mol. The highest BCUT2D eigenvalue weighted by atomic mass is 16.5. The van der Waals surface area contributed by atoms with Crippen molar-refractivity contribution in [2.45, 2.75) is 18.9 Å². The minimum atomic E-state index is 0.0334. The number of fused-ring (bicyclic) bond motifs is 1. The first kappa shape index (κ1) is 17.6. The molecule has 0 radical (unpaired) electrons. The molecule has 1 aliphatic heterocycles. The van der Waals surface area contributed by atoms with Gasteiger partial charge in [0.1, 0.15) is 5.82 Å². The second kappa shape index (κ2) is 8.28. The smallest absolute Gasteiger partial charge is 0.224 e. The molecule has 0 aliphatic carbocycles. The number of ether oxygens (including phenoxy) is 1. The van der Waals surface area contributed by atoms with Crippen LogP contribution in [-0.2, 0) is 11.3 Å². The van der Waals surface area contributed by atoms with Gasteiger partial charge in [0.25, 0.3) is 0 Å². The summed E-state index contributed by atoms with van der Waals surface area (Å²) in [5.41, 5.74) is 3.03. The van der Waals surface area contributed by atoms with Gasteiger partial charge in [-0.25, -0.2) is 4.98 Å². The molecule has 1 saturated heterocycles. The predicted octanol–water partition coefficient (Wildman–Crippen LogP) is 2.55. The summed E-state index contributed by atoms with van der Waals surface area (Å²) in [6.07, 6.45) is 2.84. The summed E-state index contributed by atoms with van der Waals surface area (Å²) in [6, 6.07) is 12.2. The van der Waals surface area contributed by atoms with Crippen LogP contribution in [-0.4, -0.2) is 46.4 Å². The van der Waals surface area contributed by atoms with E-state index in [0.717, 1.165) is 41.0 Å². The minimum absolute atomic E-state index is 0.0334. The first-order valence-electron chi connectivity index (χ1n) is 9.21. The van der Waals surface area contributed by atoms with Crippen molar-refractivity contribution in [3.8, 4) is 0 Å². The summed E-state index contributed by atoms with van der Waals surface area (Å²) in [6.45, 7) is 2.52. The van der Waals surface area contributed by atoms with Crippen LogP contribution in [0.3, 0.4) is 0 Å². The third-order valence-corrected chi connectivity index (χ3v) is 4.61. The number of anilines is 2. The first-order chi connectivity index (χ1) is 13.3. The van der Waals surface area contributed by atoms with Gasteiger partial charge in [0.05, 0.1) is 24.4 Å². The largest absolute Gasteiger partial charge is 0.395 e. The number of rotatable bonds is 7. The topological polar surface area (TPSA) is 92.2 Å². The van der Waals surface area contributed by atoms with Crippen LogP contribution in [0, 0.1) is 0 Å². The average molecular weight is 365 g/mol. The molecule has 1 aliphatic rings. The number of aromatic nitrogens is 3. The highest BCUT2D eigenvalue weighted by Gasteiger charge is 2.20. The van der Waals surface area contributed by atoms with E-state index in [0.29, 0.717) is 25.6 Å². The van der Waals surface area contributed by atoms with Crippen molar-refractivity contribution < 1.29 is 9.84 Å². The van der Waals surface area contributed by atoms with Crippen molar-refractivity contribution in [1.82, 2.24) is 15.0 Å². The van der Waals surface area contributed by atoms with Crippen molar-refractivity contribution >= 4 is 22.7 Å². The van der Waals surface area contributed by atoms with Crippen LogP contribution in [0.25, 0.3) is 10.9 Å². The fourth-order valence-electron chi connectivity index (χ4n) is 3.19. The molecule has 3 aromatic rings. The van der Waals surface area contributed by atoms with Crippen LogP contribution in [0.2, 0.25) is 0 Å². The highest BCUT2D eigenvalue weighted by molar-refractivity contribution is 5.78. The third-order valence-electron chi connectivity index (χ3n) is 4.61. The Labute approximate surface area is 157 Å². The van der Waals surface area contributed by atoms with Crippen molar-refractivity contribution in [2.24, 2.45) is 0 Å². The second-order valence-electron chi connectivity index (χ2n) is 6.60. The van der Waals surface area contributed by atoms with Crippen LogP contribution >= 0.6 is 0 Å². The van der Waals surface area contributed by atoms with Gasteiger partial charge in [0, 0.05) is 43.3 Å². The maximum absolute atomic E-state index is 9.06. The molecule has 27 heavy (non-hydrogen) atoms. The highest BCUT2D eigenvalue weighted by Crippen LogP contribution is 2.26. The molecule has 0 saturated carbocycles. The number of benzene rings is 1. The number of nitrogens with zero attached hydrogens (tertiary/aromatic N) is 3. The molecule has 7 nitrogen and oxygen atoms in total. The van der Waals surface area contributed by atoms with Gasteiger partial charge in [-0.15, -0.1) is 0 Å². The molecular weight excluding hydrogens is 342 g/mol. The number of pyridine rings is 1. The summed E-state index contributed by atoms with van der Waals surface area (Å²) in [4.78, 5) is 13.6. The van der Waals surface area contributed by atoms with E-state index in [1.54, 1.807) is 0 Å². The Kier molecular flexibility index (Phi) is 5.41. The van der Waals surface area contributed by atoms with E-state index < -0.39 is 0 Å². The van der Waals surface area contributed by atoms with Gasteiger partial charge < -0.3 is 20.5 Å². The maximum Gasteiger partial charge on any atom is 0.224 e. The molecule has 3 heterocycles. The second-order valence-corrected chi connectivity index (χ2v) is 6.60. The zero-order valence-electron chi connectivity index (χ0n) is 15.1. The predicted molar refractivity (Wildman–Crippen MR) is 105 cm³/mol. The van der Waals surface area contributed by atoms with Crippen LogP contribution in [0.5, 0.6) is 0 Å². The molecule has 1 fully saturated rings. The molecule has 3 N–H and O–H groups in total. The Balaban J connectivity index is 1.52. The summed E-state index contributed by atoms with van der Waals surface area (Å²) in [7, 11) is 0. The lowest BCUT2D eigenvalue weighted by Gasteiger charge is -2.13. The summed E-state index contributed by atoms with van der Waals surface area (Å²) < 4.78 is 5.49. The van der Waals surface area contributed by atoms with Gasteiger partial charge in [-0.2, -0.15) is 4.98 Å². The standard InChI is InChI=1S/C20H23N5O2/c26-7-6-21-20-24-18(16-5-8-27-13-16)10-19(25-20)23-12-14-9-15-3-1-2-4-17(15)22-11-14/h1-4,9-11,16,26H,5-8,12-13H2,(H2,21,23,24,25)/t16-/m0/s1. The zero-order valence-corrected chi connectivity index (χ0v) is 15.1. The number of hydrogen-bond acceptors (Lipinski definition) is 7. The average Bonchev–Trinajstić information content (AvgIpc) is 3.25. The van der Waals surface area contributed by atoms with E-state index in [9.17, 15) is 0 Å². The molecule has 1 atom stereocenters. The lowest BCUT2D eigenvalue weighted by Crippen LogP contribution is -2.13. The quantitative estimate of drug-likeness (QED) is 0.592. The Morgan fingerprint density at radius 1 is 1.15 bits per heavy atom. The molecule has 140 valence electrons. The van der Waals surface area contributed by atoms with Crippen molar-refractivity contribution in [2.75, 3.05) is 37.0 Å². The van der Waals surface area contributed by atoms with Gasteiger partial charge in [0.2, 0.25) is 5.95 Å². The molecule has 1 aromatic carbocycles. The fraction of sp³-hybridized carbons (Fsp3) is 0.350. The van der Waals surface area contributed by atoms with E-state index in [2.05, 4.69) is 37.7 Å². The Morgan fingerprint density at radius 3 is 2.93 bits per heavy atom. The van der Waals surface area contributed by atoms with Crippen LogP contribution in [0.1, 0.15) is 23.6 Å². The molecule has 2 aromatic heterocycles. The van der Waals surface area contributed by atoms with E-state index in [-0.39, 0.29) is 12.5 Å². The van der Waals surface area contributed by atoms with E-state index in [4.69, 9.17) is 9.84 Å². The Morgan fingerprint density at radius 2 is 2.07 bits per heavy atom. The van der Waals surface area contributed by atoms with Gasteiger partial charge >= 0.3 is 0 Å². The maximum atomic E-state index is 9.06. The number of hydrogen-bond donors (Lipinski definition) is 3. The number of nitrogens with one attached hydrogen (secondary N) is 2. The van der Waals surface area contributed by atoms with Gasteiger partial charge in [-0.1, -0.05) is 18.2 Å². The van der Waals surface area contributed by atoms with Crippen LogP contribution in [0.4, 0.5) is 11.8 Å². The third kappa shape index (κ3) is 4.32. The molecule has 4 rings (SSSR count). The van der Waals surface area contributed by atoms with Crippen molar-refractivity contribution in [3.63, 3.8) is 0 Å². The van der Waals surface area contributed by atoms with Crippen molar-refractivity contribution in [1.29, 1.82) is 0 Å². The normalized spacial score (nSPS) is 16.6. The number of aliphatic hydroxyl groups is 1. The van der Waals surface area contributed by atoms with Crippen LogP contribution in [0.15, 0.2) is 42.6 Å². The Bertz CT molecular complexity index is 912. The number of aliphatic hydroxyl groups excluding tert-OH is 1. The molecule has 0 unspecified atom stereocenters. The lowest BCUT2D eigenvalue weighted by atomic mass is 10.0. The first-order valence-corrected chi connectivity index (χ1v) is 9.21. The van der Waals surface area contributed by atoms with Gasteiger partial charge in [0.15, 0.2) is 0 Å². The zero-order chi connectivity index (χ0) is 18.5. The van der Waals surface area contributed by atoms with E-state index in [1.165, 1.54) is 0 Å². The van der Waals surface area contributed by atoms with Gasteiger partial charge in [-0.05, 0) is 24.1 Å². The molecule has 7 heteroatoms. The minimum Gasteiger partial charge on any atom is -0.395 e. The summed E-state index contributed by atoms with van der Waals surface area (Å²) in [5, 5.41) is 16.6. The van der Waals surface area contributed by atoms with E-state index >= 15 is 0 Å². The SMILES string of the molecule is OCCNc1nc(NCc2cnc3ccccc3c2)cc([C@H]2CCOC2)n1. The molecule has 0 spiro atoms. The number of para-hydroxylation sites is 1. The Hall–Kier alpha value is -2.77. The van der Waals surface area contributed by atoms with Crippen LogP contribution < -0.4 is 10.6 Å². The summed E-state index contributed by atoms with van der Waals surface area (Å²) >= 11 is 0. The fourth-order valence-corrected chi connectivity index (χ4v) is 3.19. The molecular formula is C20H23N5O2. The lowest BCUT2D eigenvalue weighted by molar-refractivity contribution is 0.193.